The summed E-state index contributed by atoms with van der Waals surface area (Å²) in [4.78, 5) is 2.20. The molecular weight excluding hydrogens is 357 g/mol. The number of morpholine rings is 1. The van der Waals surface area contributed by atoms with Crippen LogP contribution in [0.5, 0.6) is 0 Å². The van der Waals surface area contributed by atoms with E-state index < -0.39 is 6.10 Å². The summed E-state index contributed by atoms with van der Waals surface area (Å²) in [5.41, 5.74) is 2.81. The number of fused-ring (bicyclic) bond motifs is 1. The highest BCUT2D eigenvalue weighted by Gasteiger charge is 2.50. The molecule has 5 rings (SSSR count). The third-order valence-corrected chi connectivity index (χ3v) is 7.02. The lowest BCUT2D eigenvalue weighted by molar-refractivity contribution is -0.0545. The highest BCUT2D eigenvalue weighted by Crippen LogP contribution is 2.59. The van der Waals surface area contributed by atoms with Gasteiger partial charge in [-0.05, 0) is 53.4 Å². The van der Waals surface area contributed by atoms with Crippen LogP contribution in [-0.4, -0.2) is 55.6 Å². The molecule has 4 atom stereocenters. The minimum atomic E-state index is -0.515. The van der Waals surface area contributed by atoms with Crippen LogP contribution in [0.25, 0.3) is 0 Å². The molecule has 4 nitrogen and oxygen atoms in total. The minimum absolute atomic E-state index is 0.0799. The van der Waals surface area contributed by atoms with Crippen molar-refractivity contribution >= 4 is 0 Å². The number of hydrogen-bond acceptors (Lipinski definition) is 4. The summed E-state index contributed by atoms with van der Waals surface area (Å²) in [5, 5.41) is 10.4. The molecule has 1 aliphatic heterocycles. The number of benzene rings is 1. The predicted octanol–water partition coefficient (Wildman–Crippen LogP) is 3.57. The van der Waals surface area contributed by atoms with E-state index in [2.05, 4.69) is 24.8 Å². The van der Waals surface area contributed by atoms with Crippen LogP contribution in [0.15, 0.2) is 35.9 Å². The Morgan fingerprint density at radius 1 is 1.32 bits per heavy atom. The number of aliphatic hydroxyl groups is 1. The summed E-state index contributed by atoms with van der Waals surface area (Å²) in [6, 6.07) is 6.47. The van der Waals surface area contributed by atoms with Crippen LogP contribution < -0.4 is 0 Å². The van der Waals surface area contributed by atoms with Crippen LogP contribution in [0.1, 0.15) is 38.4 Å². The van der Waals surface area contributed by atoms with Gasteiger partial charge in [0.05, 0.1) is 32.0 Å². The Labute approximate surface area is 167 Å². The van der Waals surface area contributed by atoms with E-state index in [9.17, 15) is 9.50 Å². The van der Waals surface area contributed by atoms with Gasteiger partial charge in [-0.2, -0.15) is 0 Å². The van der Waals surface area contributed by atoms with E-state index in [1.165, 1.54) is 30.5 Å². The molecule has 28 heavy (non-hydrogen) atoms. The van der Waals surface area contributed by atoms with Gasteiger partial charge >= 0.3 is 0 Å². The predicted molar refractivity (Wildman–Crippen MR) is 106 cm³/mol. The van der Waals surface area contributed by atoms with Crippen molar-refractivity contribution in [1.82, 2.24) is 4.90 Å². The van der Waals surface area contributed by atoms with Crippen LogP contribution in [-0.2, 0) is 9.47 Å². The summed E-state index contributed by atoms with van der Waals surface area (Å²) in [6.45, 7) is 8.39. The van der Waals surface area contributed by atoms with Gasteiger partial charge in [0.25, 0.3) is 0 Å². The number of ether oxygens (including phenoxy) is 2. The van der Waals surface area contributed by atoms with E-state index in [0.717, 1.165) is 18.0 Å². The van der Waals surface area contributed by atoms with Crippen LogP contribution in [0, 0.1) is 23.1 Å². The highest BCUT2D eigenvalue weighted by molar-refractivity contribution is 5.23. The molecule has 4 aliphatic rings. The Balaban J connectivity index is 1.21. The van der Waals surface area contributed by atoms with Gasteiger partial charge in [-0.15, -0.1) is 0 Å². The second-order valence-electron chi connectivity index (χ2n) is 9.16. The molecular formula is C23H32FNO3. The average Bonchev–Trinajstić information content (AvgIpc) is 2.68. The number of allylic oxidation sites excluding steroid dienone is 1. The monoisotopic (exact) mass is 389 g/mol. The van der Waals surface area contributed by atoms with Crippen molar-refractivity contribution in [2.45, 2.75) is 38.9 Å². The normalized spacial score (nSPS) is 30.4. The van der Waals surface area contributed by atoms with Crippen molar-refractivity contribution in [3.8, 4) is 0 Å². The van der Waals surface area contributed by atoms with Crippen molar-refractivity contribution in [3.05, 3.63) is 47.3 Å². The third-order valence-electron chi connectivity index (χ3n) is 7.02. The van der Waals surface area contributed by atoms with Crippen molar-refractivity contribution in [3.63, 3.8) is 0 Å². The molecule has 1 saturated carbocycles. The van der Waals surface area contributed by atoms with Crippen LogP contribution in [0.3, 0.4) is 0 Å². The van der Waals surface area contributed by atoms with Crippen molar-refractivity contribution in [2.75, 3.05) is 39.5 Å². The summed E-state index contributed by atoms with van der Waals surface area (Å²) < 4.78 is 24.8. The molecule has 0 unspecified atom stereocenters. The van der Waals surface area contributed by atoms with Gasteiger partial charge in [-0.1, -0.05) is 32.1 Å². The lowest BCUT2D eigenvalue weighted by Gasteiger charge is -2.56. The first-order chi connectivity index (χ1) is 13.4. The second kappa shape index (κ2) is 8.23. The molecule has 3 aliphatic carbocycles. The maximum Gasteiger partial charge on any atom is 0.123 e. The Morgan fingerprint density at radius 3 is 2.82 bits per heavy atom. The molecule has 154 valence electrons. The highest BCUT2D eigenvalue weighted by atomic mass is 19.1. The summed E-state index contributed by atoms with van der Waals surface area (Å²) in [5.74, 6) is 1.25. The van der Waals surface area contributed by atoms with Gasteiger partial charge in [0.1, 0.15) is 5.82 Å². The van der Waals surface area contributed by atoms with E-state index in [1.807, 2.05) is 0 Å². The summed E-state index contributed by atoms with van der Waals surface area (Å²) in [7, 11) is 0. The van der Waals surface area contributed by atoms with Gasteiger partial charge in [-0.25, -0.2) is 4.39 Å². The Morgan fingerprint density at radius 2 is 2.11 bits per heavy atom. The maximum absolute atomic E-state index is 13.1. The number of halogens is 1. The van der Waals surface area contributed by atoms with Gasteiger partial charge < -0.3 is 14.6 Å². The number of rotatable bonds is 7. The van der Waals surface area contributed by atoms with E-state index in [1.54, 1.807) is 12.1 Å². The molecule has 5 heteroatoms. The molecule has 1 saturated heterocycles. The molecule has 0 amide bonds. The topological polar surface area (TPSA) is 41.9 Å². The van der Waals surface area contributed by atoms with E-state index in [0.29, 0.717) is 44.2 Å². The summed E-state index contributed by atoms with van der Waals surface area (Å²) in [6.07, 6.45) is 4.22. The number of nitrogens with zero attached hydrogens (tertiary/aromatic N) is 1. The minimum Gasteiger partial charge on any atom is -0.389 e. The smallest absolute Gasteiger partial charge is 0.123 e. The Hall–Kier alpha value is -1.27. The summed E-state index contributed by atoms with van der Waals surface area (Å²) >= 11 is 0. The quantitative estimate of drug-likeness (QED) is 0.724. The molecule has 1 aromatic rings. The lowest BCUT2D eigenvalue weighted by Crippen LogP contribution is -2.48. The molecule has 0 spiro atoms. The standard InChI is InChI=1S/C23H32FNO3/c1-23(2)18-6-3-17(21(23)11-18)14-27-15-20(26)12-25-9-10-28-22(13-25)16-4-7-19(24)8-5-16/h3-5,7-8,18,20-22,26H,6,9-15H2,1-2H3/t18-,20+,21-,22-/m1/s1. The Bertz CT molecular complexity index is 702. The van der Waals surface area contributed by atoms with Crippen LogP contribution >= 0.6 is 0 Å². The first-order valence-electron chi connectivity index (χ1n) is 10.5. The molecule has 1 heterocycles. The fraction of sp³-hybridized carbons (Fsp3) is 0.652. The zero-order valence-corrected chi connectivity index (χ0v) is 16.9. The zero-order valence-electron chi connectivity index (χ0n) is 16.9. The second-order valence-corrected chi connectivity index (χ2v) is 9.16. The molecule has 0 radical (unpaired) electrons. The molecule has 2 bridgehead atoms. The van der Waals surface area contributed by atoms with Crippen molar-refractivity contribution in [2.24, 2.45) is 17.3 Å². The third kappa shape index (κ3) is 4.18. The number of aliphatic hydroxyl groups excluding tert-OH is 1. The molecule has 0 aromatic heterocycles. The lowest BCUT2D eigenvalue weighted by atomic mass is 9.49. The average molecular weight is 390 g/mol. The maximum atomic E-state index is 13.1. The van der Waals surface area contributed by atoms with Crippen LogP contribution in [0.2, 0.25) is 0 Å². The number of hydrogen-bond donors (Lipinski definition) is 1. The molecule has 1 aromatic carbocycles. The van der Waals surface area contributed by atoms with Gasteiger partial charge in [0.2, 0.25) is 0 Å². The fourth-order valence-corrected chi connectivity index (χ4v) is 5.05. The van der Waals surface area contributed by atoms with Gasteiger partial charge in [-0.3, -0.25) is 4.90 Å². The van der Waals surface area contributed by atoms with Gasteiger partial charge in [0, 0.05) is 19.6 Å². The SMILES string of the molecule is CC1(C)[C@@H]2CC=C(COC[C@@H](O)CN3CCO[C@@H](c4ccc(F)cc4)C3)[C@H]1C2. The fourth-order valence-electron chi connectivity index (χ4n) is 5.05. The van der Waals surface area contributed by atoms with E-state index in [4.69, 9.17) is 9.47 Å². The van der Waals surface area contributed by atoms with E-state index in [-0.39, 0.29) is 11.9 Å². The molecule has 2 fully saturated rings. The first-order valence-corrected chi connectivity index (χ1v) is 10.5. The van der Waals surface area contributed by atoms with Crippen molar-refractivity contribution in [1.29, 1.82) is 0 Å². The molecule has 1 N–H and O–H groups in total. The first kappa shape index (κ1) is 20.0. The Kier molecular flexibility index (Phi) is 5.88. The van der Waals surface area contributed by atoms with Crippen molar-refractivity contribution < 1.29 is 19.0 Å². The van der Waals surface area contributed by atoms with Crippen LogP contribution in [0.4, 0.5) is 4.39 Å². The number of β-amino-alcohol motifs (C(OH)–C–C–N with tert-alkyl or cyclic N) is 1. The van der Waals surface area contributed by atoms with Gasteiger partial charge in [0.15, 0.2) is 0 Å². The van der Waals surface area contributed by atoms with E-state index >= 15 is 0 Å². The largest absolute Gasteiger partial charge is 0.389 e. The zero-order chi connectivity index (χ0) is 19.7.